The molecule has 4 rings (SSSR count). The van der Waals surface area contributed by atoms with Crippen molar-refractivity contribution < 1.29 is 4.39 Å². The summed E-state index contributed by atoms with van der Waals surface area (Å²) in [7, 11) is 0. The Morgan fingerprint density at radius 2 is 1.93 bits per heavy atom. The molecule has 7 heteroatoms. The summed E-state index contributed by atoms with van der Waals surface area (Å²) in [6.45, 7) is 2.03. The molecule has 1 N–H and O–H groups in total. The Hall–Kier alpha value is -2.21. The average molecular weight is 433 g/mol. The number of aryl methyl sites for hydroxylation is 1. The summed E-state index contributed by atoms with van der Waals surface area (Å²) in [4.78, 5) is 22.0. The molecule has 0 aliphatic heterocycles. The summed E-state index contributed by atoms with van der Waals surface area (Å²) in [5, 5.41) is 1.42. The van der Waals surface area contributed by atoms with Crippen LogP contribution in [0.5, 0.6) is 0 Å². The van der Waals surface area contributed by atoms with Gasteiger partial charge in [0.05, 0.1) is 15.4 Å². The molecule has 0 fully saturated rings. The Bertz CT molecular complexity index is 1250. The Kier molecular flexibility index (Phi) is 5.23. The highest BCUT2D eigenvalue weighted by Gasteiger charge is 2.19. The van der Waals surface area contributed by atoms with Gasteiger partial charge in [-0.25, -0.2) is 9.37 Å². The number of hydrogen-bond acceptors (Lipinski definition) is 3. The van der Waals surface area contributed by atoms with Crippen LogP contribution in [0.25, 0.3) is 21.3 Å². The molecule has 4 aromatic rings. The van der Waals surface area contributed by atoms with Gasteiger partial charge in [0.25, 0.3) is 5.56 Å². The number of aromatic amines is 1. The minimum absolute atomic E-state index is 0.222. The predicted molar refractivity (Wildman–Crippen MR) is 114 cm³/mol. The number of halogens is 3. The number of thiophene rings is 1. The van der Waals surface area contributed by atoms with Crippen LogP contribution in [0.4, 0.5) is 4.39 Å². The number of nitrogens with zero attached hydrogens (tertiary/aromatic N) is 1. The van der Waals surface area contributed by atoms with Crippen molar-refractivity contribution in [3.05, 3.63) is 84.9 Å². The molecular weight excluding hydrogens is 418 g/mol. The van der Waals surface area contributed by atoms with Gasteiger partial charge in [0.2, 0.25) is 0 Å². The lowest BCUT2D eigenvalue weighted by Crippen LogP contribution is -2.12. The van der Waals surface area contributed by atoms with Crippen LogP contribution in [-0.2, 0) is 12.8 Å². The number of rotatable bonds is 4. The van der Waals surface area contributed by atoms with E-state index in [4.69, 9.17) is 23.2 Å². The minimum Gasteiger partial charge on any atom is -0.310 e. The van der Waals surface area contributed by atoms with Gasteiger partial charge >= 0.3 is 0 Å². The van der Waals surface area contributed by atoms with Crippen molar-refractivity contribution in [3.8, 4) is 11.1 Å². The van der Waals surface area contributed by atoms with Crippen molar-refractivity contribution in [2.24, 2.45) is 0 Å². The molecule has 0 aliphatic rings. The second-order valence-electron chi connectivity index (χ2n) is 6.34. The largest absolute Gasteiger partial charge is 0.310 e. The molecule has 0 saturated carbocycles. The SMILES string of the molecule is CCc1sc2nc(Cc3ccccc3F)[nH]c(=O)c2c1-c1ccc(Cl)c(Cl)c1. The maximum atomic E-state index is 14.0. The molecule has 28 heavy (non-hydrogen) atoms. The Morgan fingerprint density at radius 3 is 2.64 bits per heavy atom. The van der Waals surface area contributed by atoms with E-state index in [1.54, 1.807) is 30.3 Å². The maximum absolute atomic E-state index is 14.0. The Labute approximate surface area is 174 Å². The van der Waals surface area contributed by atoms with Gasteiger partial charge in [-0.15, -0.1) is 11.3 Å². The highest BCUT2D eigenvalue weighted by atomic mass is 35.5. The van der Waals surface area contributed by atoms with E-state index >= 15 is 0 Å². The molecule has 3 nitrogen and oxygen atoms in total. The van der Waals surface area contributed by atoms with E-state index in [1.807, 2.05) is 13.0 Å². The fourth-order valence-corrected chi connectivity index (χ4v) is 4.66. The highest BCUT2D eigenvalue weighted by molar-refractivity contribution is 7.19. The lowest BCUT2D eigenvalue weighted by atomic mass is 10.0. The topological polar surface area (TPSA) is 45.8 Å². The van der Waals surface area contributed by atoms with Gasteiger partial charge in [-0.05, 0) is 35.7 Å². The van der Waals surface area contributed by atoms with Crippen molar-refractivity contribution in [2.45, 2.75) is 19.8 Å². The average Bonchev–Trinajstić information content (AvgIpc) is 3.05. The molecule has 2 aromatic heterocycles. The molecule has 0 bridgehead atoms. The molecule has 0 atom stereocenters. The first-order valence-corrected chi connectivity index (χ1v) is 10.3. The van der Waals surface area contributed by atoms with Gasteiger partial charge in [-0.1, -0.05) is 54.4 Å². The number of fused-ring (bicyclic) bond motifs is 1. The van der Waals surface area contributed by atoms with E-state index in [2.05, 4.69) is 9.97 Å². The Balaban J connectivity index is 1.87. The number of nitrogens with one attached hydrogen (secondary N) is 1. The number of hydrogen-bond donors (Lipinski definition) is 1. The van der Waals surface area contributed by atoms with Crippen molar-refractivity contribution in [3.63, 3.8) is 0 Å². The van der Waals surface area contributed by atoms with Crippen LogP contribution < -0.4 is 5.56 Å². The van der Waals surface area contributed by atoms with Gasteiger partial charge in [0.15, 0.2) is 0 Å². The first kappa shape index (κ1) is 19.1. The second-order valence-corrected chi connectivity index (χ2v) is 8.24. The molecule has 0 saturated heterocycles. The van der Waals surface area contributed by atoms with E-state index in [1.165, 1.54) is 17.4 Å². The van der Waals surface area contributed by atoms with Gasteiger partial charge in [-0.2, -0.15) is 0 Å². The summed E-state index contributed by atoms with van der Waals surface area (Å²) in [6.07, 6.45) is 0.970. The fourth-order valence-electron chi connectivity index (χ4n) is 3.21. The van der Waals surface area contributed by atoms with Crippen molar-refractivity contribution in [2.75, 3.05) is 0 Å². The lowest BCUT2D eigenvalue weighted by Gasteiger charge is -2.06. The Morgan fingerprint density at radius 1 is 1.14 bits per heavy atom. The third kappa shape index (κ3) is 3.46. The third-order valence-electron chi connectivity index (χ3n) is 4.53. The molecule has 0 amide bonds. The van der Waals surface area contributed by atoms with Crippen LogP contribution >= 0.6 is 34.5 Å². The molecule has 2 aromatic carbocycles. The van der Waals surface area contributed by atoms with E-state index in [-0.39, 0.29) is 17.8 Å². The summed E-state index contributed by atoms with van der Waals surface area (Å²) < 4.78 is 14.0. The summed E-state index contributed by atoms with van der Waals surface area (Å²) in [5.74, 6) is 0.120. The van der Waals surface area contributed by atoms with Gasteiger partial charge in [0, 0.05) is 16.9 Å². The van der Waals surface area contributed by atoms with E-state index in [0.717, 1.165) is 22.4 Å². The first-order valence-electron chi connectivity index (χ1n) is 8.71. The van der Waals surface area contributed by atoms with E-state index in [9.17, 15) is 9.18 Å². The van der Waals surface area contributed by atoms with Gasteiger partial charge in [-0.3, -0.25) is 4.79 Å². The van der Waals surface area contributed by atoms with Crippen molar-refractivity contribution in [1.82, 2.24) is 9.97 Å². The van der Waals surface area contributed by atoms with Crippen LogP contribution in [-0.4, -0.2) is 9.97 Å². The van der Waals surface area contributed by atoms with Crippen molar-refractivity contribution in [1.29, 1.82) is 0 Å². The quantitative estimate of drug-likeness (QED) is 0.414. The van der Waals surface area contributed by atoms with Crippen LogP contribution in [0.15, 0.2) is 47.3 Å². The molecule has 0 radical (unpaired) electrons. The summed E-state index contributed by atoms with van der Waals surface area (Å²) in [6, 6.07) is 11.8. The number of aromatic nitrogens is 2. The molecule has 2 heterocycles. The van der Waals surface area contributed by atoms with Crippen molar-refractivity contribution >= 4 is 44.8 Å². The smallest absolute Gasteiger partial charge is 0.260 e. The zero-order chi connectivity index (χ0) is 19.8. The molecule has 142 valence electrons. The molecular formula is C21H15Cl2FN2OS. The molecule has 0 unspecified atom stereocenters. The zero-order valence-electron chi connectivity index (χ0n) is 14.9. The lowest BCUT2D eigenvalue weighted by molar-refractivity contribution is 0.612. The van der Waals surface area contributed by atoms with E-state index in [0.29, 0.717) is 31.6 Å². The second kappa shape index (κ2) is 7.66. The molecule has 0 spiro atoms. The maximum Gasteiger partial charge on any atom is 0.260 e. The normalized spacial score (nSPS) is 11.3. The molecule has 0 aliphatic carbocycles. The monoisotopic (exact) mass is 432 g/mol. The minimum atomic E-state index is -0.317. The standard InChI is InChI=1S/C21H15Cl2FN2OS/c1-2-16-18(12-7-8-13(22)14(23)9-12)19-20(27)25-17(26-21(19)28-16)10-11-5-3-4-6-15(11)24/h3-9H,2,10H2,1H3,(H,25,26,27). The van der Waals surface area contributed by atoms with Crippen LogP contribution in [0.2, 0.25) is 10.0 Å². The number of benzene rings is 2. The zero-order valence-corrected chi connectivity index (χ0v) is 17.2. The van der Waals surface area contributed by atoms with Crippen LogP contribution in [0.1, 0.15) is 23.2 Å². The first-order chi connectivity index (χ1) is 13.5. The van der Waals surface area contributed by atoms with E-state index < -0.39 is 0 Å². The summed E-state index contributed by atoms with van der Waals surface area (Å²) >= 11 is 13.7. The van der Waals surface area contributed by atoms with Gasteiger partial charge < -0.3 is 4.98 Å². The number of H-pyrrole nitrogens is 1. The van der Waals surface area contributed by atoms with Crippen LogP contribution in [0.3, 0.4) is 0 Å². The predicted octanol–water partition coefficient (Wildman–Crippen LogP) is 6.25. The summed E-state index contributed by atoms with van der Waals surface area (Å²) in [5.41, 5.74) is 1.90. The van der Waals surface area contributed by atoms with Crippen LogP contribution in [0, 0.1) is 5.82 Å². The fraction of sp³-hybridized carbons (Fsp3) is 0.143. The highest BCUT2D eigenvalue weighted by Crippen LogP contribution is 2.38. The third-order valence-corrected chi connectivity index (χ3v) is 6.50. The van der Waals surface area contributed by atoms with Gasteiger partial charge in [0.1, 0.15) is 16.5 Å².